The Morgan fingerprint density at radius 1 is 1.23 bits per heavy atom. The van der Waals surface area contributed by atoms with Gasteiger partial charge in [0.2, 0.25) is 0 Å². The maximum Gasteiger partial charge on any atom is 0.334 e. The average Bonchev–Trinajstić information content (AvgIpc) is 2.94. The number of halogens is 1. The van der Waals surface area contributed by atoms with Crippen molar-refractivity contribution in [2.24, 2.45) is 0 Å². The molecule has 0 saturated heterocycles. The van der Waals surface area contributed by atoms with Crippen LogP contribution in [0.5, 0.6) is 0 Å². The lowest BCUT2D eigenvalue weighted by atomic mass is 10.2. The van der Waals surface area contributed by atoms with Crippen LogP contribution in [-0.2, 0) is 6.54 Å². The van der Waals surface area contributed by atoms with E-state index in [1.165, 1.54) is 6.20 Å². The van der Waals surface area contributed by atoms with Crippen LogP contribution in [0.4, 0.5) is 0 Å². The highest BCUT2D eigenvalue weighted by Crippen LogP contribution is 2.08. The summed E-state index contributed by atoms with van der Waals surface area (Å²) in [6.07, 6.45) is 3.13. The fourth-order valence-electron chi connectivity index (χ4n) is 2.16. The van der Waals surface area contributed by atoms with E-state index < -0.39 is 11.2 Å². The summed E-state index contributed by atoms with van der Waals surface area (Å²) in [7, 11) is 0. The highest BCUT2D eigenvalue weighted by molar-refractivity contribution is 6.30. The van der Waals surface area contributed by atoms with Gasteiger partial charge in [0.05, 0.1) is 24.0 Å². The first-order valence-corrected chi connectivity index (χ1v) is 7.02. The van der Waals surface area contributed by atoms with Crippen molar-refractivity contribution in [2.45, 2.75) is 13.5 Å². The number of aromatic amines is 1. The van der Waals surface area contributed by atoms with Crippen molar-refractivity contribution in [1.82, 2.24) is 19.3 Å². The van der Waals surface area contributed by atoms with Crippen molar-refractivity contribution in [3.8, 4) is 5.69 Å². The molecule has 0 spiro atoms. The van der Waals surface area contributed by atoms with E-state index in [0.717, 1.165) is 10.1 Å². The van der Waals surface area contributed by atoms with Gasteiger partial charge in [-0.2, -0.15) is 5.10 Å². The van der Waals surface area contributed by atoms with E-state index in [9.17, 15) is 9.59 Å². The highest BCUT2D eigenvalue weighted by Gasteiger charge is 2.12. The van der Waals surface area contributed by atoms with Gasteiger partial charge in [-0.15, -0.1) is 0 Å². The van der Waals surface area contributed by atoms with Gasteiger partial charge in [-0.05, 0) is 12.5 Å². The second kappa shape index (κ2) is 5.65. The minimum atomic E-state index is -0.583. The Labute approximate surface area is 130 Å². The lowest BCUT2D eigenvalue weighted by molar-refractivity contribution is 0.686. The van der Waals surface area contributed by atoms with E-state index in [4.69, 9.17) is 11.6 Å². The summed E-state index contributed by atoms with van der Waals surface area (Å²) in [5, 5.41) is 4.25. The zero-order valence-corrected chi connectivity index (χ0v) is 12.5. The Kier molecular flexibility index (Phi) is 3.68. The van der Waals surface area contributed by atoms with Gasteiger partial charge >= 0.3 is 5.69 Å². The van der Waals surface area contributed by atoms with Crippen LogP contribution >= 0.6 is 11.6 Å². The van der Waals surface area contributed by atoms with Crippen LogP contribution in [0.3, 0.4) is 0 Å². The Hall–Kier alpha value is -2.60. The summed E-state index contributed by atoms with van der Waals surface area (Å²) in [6, 6.07) is 9.78. The lowest BCUT2D eigenvalue weighted by Crippen LogP contribution is -2.35. The molecule has 0 amide bonds. The third-order valence-corrected chi connectivity index (χ3v) is 3.72. The molecule has 112 valence electrons. The van der Waals surface area contributed by atoms with Crippen molar-refractivity contribution in [3.05, 3.63) is 79.8 Å². The topological polar surface area (TPSA) is 72.7 Å². The van der Waals surface area contributed by atoms with Gasteiger partial charge in [0.15, 0.2) is 0 Å². The van der Waals surface area contributed by atoms with Crippen LogP contribution in [0.2, 0.25) is 5.15 Å². The summed E-state index contributed by atoms with van der Waals surface area (Å²) >= 11 is 5.80. The van der Waals surface area contributed by atoms with Crippen LogP contribution < -0.4 is 11.2 Å². The molecule has 0 radical (unpaired) electrons. The van der Waals surface area contributed by atoms with E-state index in [1.807, 2.05) is 30.3 Å². The van der Waals surface area contributed by atoms with Crippen LogP contribution in [-0.4, -0.2) is 19.3 Å². The van der Waals surface area contributed by atoms with Crippen LogP contribution in [0, 0.1) is 6.92 Å². The molecule has 0 aliphatic heterocycles. The molecule has 0 aliphatic rings. The van der Waals surface area contributed by atoms with Gasteiger partial charge in [0, 0.05) is 6.20 Å². The minimum absolute atomic E-state index is 0.0583. The number of aromatic nitrogens is 4. The number of rotatable bonds is 3. The SMILES string of the molecule is Cc1c(Cl)[nH]c(=O)n(-c2cnn(Cc3ccccc3)c2)c1=O. The van der Waals surface area contributed by atoms with Gasteiger partial charge in [0.1, 0.15) is 5.15 Å². The molecule has 3 aromatic rings. The Morgan fingerprint density at radius 3 is 2.68 bits per heavy atom. The van der Waals surface area contributed by atoms with E-state index in [0.29, 0.717) is 12.2 Å². The first-order chi connectivity index (χ1) is 10.6. The molecule has 0 bridgehead atoms. The summed E-state index contributed by atoms with van der Waals surface area (Å²) in [6.45, 7) is 2.12. The molecular weight excluding hydrogens is 304 g/mol. The summed E-state index contributed by atoms with van der Waals surface area (Å²) in [5.41, 5.74) is 0.734. The largest absolute Gasteiger partial charge is 0.334 e. The van der Waals surface area contributed by atoms with E-state index in [-0.39, 0.29) is 10.7 Å². The molecule has 2 heterocycles. The quantitative estimate of drug-likeness (QED) is 0.748. The number of nitrogens with one attached hydrogen (secondary N) is 1. The average molecular weight is 317 g/mol. The Bertz CT molecular complexity index is 925. The molecule has 22 heavy (non-hydrogen) atoms. The molecule has 3 rings (SSSR count). The minimum Gasteiger partial charge on any atom is -0.297 e. The second-order valence-electron chi connectivity index (χ2n) is 4.89. The standard InChI is InChI=1S/C15H13ClN4O2/c1-10-13(16)18-15(22)20(14(10)21)12-7-17-19(9-12)8-11-5-3-2-4-6-11/h2-7,9H,8H2,1H3,(H,18,22). The van der Waals surface area contributed by atoms with E-state index in [1.54, 1.807) is 17.8 Å². The summed E-state index contributed by atoms with van der Waals surface area (Å²) in [5.74, 6) is 0. The number of hydrogen-bond donors (Lipinski definition) is 1. The number of H-pyrrole nitrogens is 1. The Balaban J connectivity index is 2.00. The second-order valence-corrected chi connectivity index (χ2v) is 5.27. The van der Waals surface area contributed by atoms with Crippen molar-refractivity contribution in [2.75, 3.05) is 0 Å². The van der Waals surface area contributed by atoms with Crippen molar-refractivity contribution < 1.29 is 0 Å². The maximum atomic E-state index is 12.2. The molecule has 0 saturated carbocycles. The van der Waals surface area contributed by atoms with Crippen LogP contribution in [0.15, 0.2) is 52.3 Å². The molecule has 0 unspecified atom stereocenters. The van der Waals surface area contributed by atoms with Crippen LogP contribution in [0.1, 0.15) is 11.1 Å². The molecule has 0 atom stereocenters. The molecule has 6 nitrogen and oxygen atoms in total. The van der Waals surface area contributed by atoms with Gasteiger partial charge in [-0.25, -0.2) is 9.36 Å². The monoisotopic (exact) mass is 316 g/mol. The Morgan fingerprint density at radius 2 is 1.95 bits per heavy atom. The molecule has 2 aromatic heterocycles. The smallest absolute Gasteiger partial charge is 0.297 e. The van der Waals surface area contributed by atoms with Crippen molar-refractivity contribution >= 4 is 11.6 Å². The molecule has 0 fully saturated rings. The predicted octanol–water partition coefficient (Wildman–Crippen LogP) is 1.73. The lowest BCUT2D eigenvalue weighted by Gasteiger charge is -2.04. The zero-order chi connectivity index (χ0) is 15.7. The number of hydrogen-bond acceptors (Lipinski definition) is 3. The molecule has 1 aromatic carbocycles. The van der Waals surface area contributed by atoms with Gasteiger partial charge in [-0.3, -0.25) is 14.5 Å². The van der Waals surface area contributed by atoms with E-state index >= 15 is 0 Å². The summed E-state index contributed by atoms with van der Waals surface area (Å²) < 4.78 is 2.69. The number of nitrogens with zero attached hydrogens (tertiary/aromatic N) is 3. The molecule has 1 N–H and O–H groups in total. The van der Waals surface area contributed by atoms with Crippen molar-refractivity contribution in [3.63, 3.8) is 0 Å². The highest BCUT2D eigenvalue weighted by atomic mass is 35.5. The van der Waals surface area contributed by atoms with E-state index in [2.05, 4.69) is 10.1 Å². The maximum absolute atomic E-state index is 12.2. The fourth-order valence-corrected chi connectivity index (χ4v) is 2.32. The van der Waals surface area contributed by atoms with Gasteiger partial charge < -0.3 is 0 Å². The third kappa shape index (κ3) is 2.60. The third-order valence-electron chi connectivity index (χ3n) is 3.34. The first kappa shape index (κ1) is 14.3. The predicted molar refractivity (Wildman–Crippen MR) is 83.7 cm³/mol. The van der Waals surface area contributed by atoms with Crippen LogP contribution in [0.25, 0.3) is 5.69 Å². The molecule has 0 aliphatic carbocycles. The van der Waals surface area contributed by atoms with Gasteiger partial charge in [-0.1, -0.05) is 41.9 Å². The normalized spacial score (nSPS) is 10.8. The fraction of sp³-hybridized carbons (Fsp3) is 0.133. The molecule has 7 heteroatoms. The summed E-state index contributed by atoms with van der Waals surface area (Å²) in [4.78, 5) is 26.6. The van der Waals surface area contributed by atoms with Gasteiger partial charge in [0.25, 0.3) is 5.56 Å². The molecular formula is C15H13ClN4O2. The first-order valence-electron chi connectivity index (χ1n) is 6.64. The van der Waals surface area contributed by atoms with Crippen molar-refractivity contribution in [1.29, 1.82) is 0 Å². The zero-order valence-electron chi connectivity index (χ0n) is 11.8. The number of benzene rings is 1.